The van der Waals surface area contributed by atoms with Gasteiger partial charge >= 0.3 is 0 Å². The summed E-state index contributed by atoms with van der Waals surface area (Å²) in [6.45, 7) is 0. The van der Waals surface area contributed by atoms with Gasteiger partial charge in [0.2, 0.25) is 0 Å². The predicted octanol–water partition coefficient (Wildman–Crippen LogP) is -0.632. The lowest BCUT2D eigenvalue weighted by Gasteiger charge is -2.08. The number of aliphatic hydroxyl groups excluding tert-OH is 1. The Balaban J connectivity index is 2.58. The minimum atomic E-state index is -3.13. The Hall–Kier alpha value is -0.880. The molecule has 0 aliphatic rings. The number of hydrogen-bond donors (Lipinski definition) is 1. The third-order valence-electron chi connectivity index (χ3n) is 1.83. The summed E-state index contributed by atoms with van der Waals surface area (Å²) >= 11 is 0. The molecule has 1 aromatic rings. The second kappa shape index (κ2) is 4.10. The number of aromatic nitrogens is 2. The Bertz CT molecular complexity index is 396. The molecule has 0 aliphatic carbocycles. The molecule has 1 N–H and O–H groups in total. The minimum absolute atomic E-state index is 0.222. The summed E-state index contributed by atoms with van der Waals surface area (Å²) in [6.07, 6.45) is 3.85. The molecule has 0 aromatic carbocycles. The van der Waals surface area contributed by atoms with E-state index in [1.165, 1.54) is 0 Å². The zero-order valence-electron chi connectivity index (χ0n) is 8.21. The first-order valence-electron chi connectivity index (χ1n) is 4.20. The largest absolute Gasteiger partial charge is 0.392 e. The van der Waals surface area contributed by atoms with Crippen LogP contribution in [0.2, 0.25) is 0 Å². The van der Waals surface area contributed by atoms with Crippen molar-refractivity contribution in [3.63, 3.8) is 0 Å². The number of sulfone groups is 1. The van der Waals surface area contributed by atoms with Crippen LogP contribution in [0.3, 0.4) is 0 Å². The van der Waals surface area contributed by atoms with E-state index in [-0.39, 0.29) is 12.2 Å². The number of rotatable bonds is 4. The molecule has 80 valence electrons. The maximum absolute atomic E-state index is 10.9. The molecule has 0 amide bonds. The van der Waals surface area contributed by atoms with Gasteiger partial charge in [-0.2, -0.15) is 0 Å². The van der Waals surface area contributed by atoms with Gasteiger partial charge in [0.05, 0.1) is 11.9 Å². The molecule has 1 heterocycles. The molecule has 1 unspecified atom stereocenters. The normalized spacial score (nSPS) is 14.2. The molecule has 0 aliphatic heterocycles. The highest BCUT2D eigenvalue weighted by atomic mass is 32.2. The van der Waals surface area contributed by atoms with Crippen molar-refractivity contribution in [2.45, 2.75) is 12.5 Å². The van der Waals surface area contributed by atoms with Gasteiger partial charge in [-0.3, -0.25) is 0 Å². The average molecular weight is 218 g/mol. The zero-order chi connectivity index (χ0) is 10.8. The van der Waals surface area contributed by atoms with E-state index < -0.39 is 15.9 Å². The van der Waals surface area contributed by atoms with E-state index in [1.54, 1.807) is 24.0 Å². The molecule has 1 rings (SSSR count). The van der Waals surface area contributed by atoms with E-state index >= 15 is 0 Å². The quantitative estimate of drug-likeness (QED) is 0.730. The number of aryl methyl sites for hydroxylation is 1. The number of aliphatic hydroxyl groups is 1. The molecule has 6 heteroatoms. The van der Waals surface area contributed by atoms with Gasteiger partial charge in [-0.15, -0.1) is 0 Å². The Morgan fingerprint density at radius 1 is 1.64 bits per heavy atom. The number of nitrogens with zero attached hydrogens (tertiary/aromatic N) is 2. The lowest BCUT2D eigenvalue weighted by atomic mass is 10.3. The molecule has 5 nitrogen and oxygen atoms in total. The van der Waals surface area contributed by atoms with Crippen molar-refractivity contribution >= 4 is 9.84 Å². The second-order valence-electron chi connectivity index (χ2n) is 3.40. The van der Waals surface area contributed by atoms with E-state index in [4.69, 9.17) is 0 Å². The molecule has 1 atom stereocenters. The van der Waals surface area contributed by atoms with Crippen LogP contribution in [0.25, 0.3) is 0 Å². The Morgan fingerprint density at radius 2 is 2.29 bits per heavy atom. The van der Waals surface area contributed by atoms with Crippen LogP contribution in [-0.2, 0) is 23.3 Å². The minimum Gasteiger partial charge on any atom is -0.392 e. The van der Waals surface area contributed by atoms with Gasteiger partial charge < -0.3 is 9.67 Å². The summed E-state index contributed by atoms with van der Waals surface area (Å²) in [4.78, 5) is 3.99. The fourth-order valence-corrected chi connectivity index (χ4v) is 2.03. The van der Waals surface area contributed by atoms with E-state index in [1.807, 2.05) is 0 Å². The van der Waals surface area contributed by atoms with Crippen molar-refractivity contribution < 1.29 is 13.5 Å². The molecule has 0 saturated heterocycles. The highest BCUT2D eigenvalue weighted by Crippen LogP contribution is 2.01. The maximum Gasteiger partial charge on any atom is 0.150 e. The standard InChI is InChI=1S/C8H14N2O3S/c1-10-4-3-9-8(10)5-7(11)6-14(2,12)13/h3-4,7,11H,5-6H2,1-2H3. The van der Waals surface area contributed by atoms with Crippen LogP contribution in [0, 0.1) is 0 Å². The molecule has 14 heavy (non-hydrogen) atoms. The summed E-state index contributed by atoms with van der Waals surface area (Å²) < 4.78 is 23.5. The summed E-state index contributed by atoms with van der Waals surface area (Å²) in [5.41, 5.74) is 0. The van der Waals surface area contributed by atoms with Crippen molar-refractivity contribution in [2.75, 3.05) is 12.0 Å². The van der Waals surface area contributed by atoms with Crippen LogP contribution in [0.5, 0.6) is 0 Å². The second-order valence-corrected chi connectivity index (χ2v) is 5.59. The smallest absolute Gasteiger partial charge is 0.150 e. The molecular weight excluding hydrogens is 204 g/mol. The van der Waals surface area contributed by atoms with Crippen LogP contribution in [0.1, 0.15) is 5.82 Å². The molecule has 1 aromatic heterocycles. The lowest BCUT2D eigenvalue weighted by molar-refractivity contribution is 0.194. The fraction of sp³-hybridized carbons (Fsp3) is 0.625. The SMILES string of the molecule is Cn1ccnc1CC(O)CS(C)(=O)=O. The van der Waals surface area contributed by atoms with E-state index in [0.717, 1.165) is 6.26 Å². The van der Waals surface area contributed by atoms with Crippen molar-refractivity contribution in [1.29, 1.82) is 0 Å². The average Bonchev–Trinajstić information content (AvgIpc) is 2.32. The molecular formula is C8H14N2O3S. The van der Waals surface area contributed by atoms with E-state index in [0.29, 0.717) is 5.82 Å². The first-order valence-corrected chi connectivity index (χ1v) is 6.26. The topological polar surface area (TPSA) is 72.2 Å². The van der Waals surface area contributed by atoms with Crippen molar-refractivity contribution in [1.82, 2.24) is 9.55 Å². The van der Waals surface area contributed by atoms with Gasteiger partial charge in [0.15, 0.2) is 0 Å². The third kappa shape index (κ3) is 3.47. The molecule has 0 spiro atoms. The Labute approximate surface area is 83.3 Å². The highest BCUT2D eigenvalue weighted by molar-refractivity contribution is 7.90. The van der Waals surface area contributed by atoms with Gasteiger partial charge in [-0.1, -0.05) is 0 Å². The Kier molecular flexibility index (Phi) is 3.28. The van der Waals surface area contributed by atoms with Crippen LogP contribution in [-0.4, -0.2) is 41.2 Å². The van der Waals surface area contributed by atoms with Crippen LogP contribution in [0.15, 0.2) is 12.4 Å². The third-order valence-corrected chi connectivity index (χ3v) is 2.82. The van der Waals surface area contributed by atoms with Gasteiger partial charge in [0.1, 0.15) is 15.7 Å². The monoisotopic (exact) mass is 218 g/mol. The van der Waals surface area contributed by atoms with E-state index in [2.05, 4.69) is 4.98 Å². The number of hydrogen-bond acceptors (Lipinski definition) is 4. The van der Waals surface area contributed by atoms with Crippen LogP contribution >= 0.6 is 0 Å². The highest BCUT2D eigenvalue weighted by Gasteiger charge is 2.14. The zero-order valence-corrected chi connectivity index (χ0v) is 9.03. The fourth-order valence-electron chi connectivity index (χ4n) is 1.21. The lowest BCUT2D eigenvalue weighted by Crippen LogP contribution is -2.23. The first-order chi connectivity index (χ1) is 6.38. The first kappa shape index (κ1) is 11.2. The summed E-state index contributed by atoms with van der Waals surface area (Å²) in [5, 5.41) is 9.45. The number of imidazole rings is 1. The predicted molar refractivity (Wildman–Crippen MR) is 52.6 cm³/mol. The van der Waals surface area contributed by atoms with Gasteiger partial charge in [-0.05, 0) is 0 Å². The maximum atomic E-state index is 10.9. The van der Waals surface area contributed by atoms with Crippen molar-refractivity contribution in [2.24, 2.45) is 7.05 Å². The van der Waals surface area contributed by atoms with Crippen molar-refractivity contribution in [3.8, 4) is 0 Å². The van der Waals surface area contributed by atoms with Crippen LogP contribution in [0.4, 0.5) is 0 Å². The molecule has 0 fully saturated rings. The van der Waals surface area contributed by atoms with Gasteiger partial charge in [-0.25, -0.2) is 13.4 Å². The van der Waals surface area contributed by atoms with Gasteiger partial charge in [0, 0.05) is 32.1 Å². The van der Waals surface area contributed by atoms with E-state index in [9.17, 15) is 13.5 Å². The summed E-state index contributed by atoms with van der Waals surface area (Å²) in [6, 6.07) is 0. The van der Waals surface area contributed by atoms with Gasteiger partial charge in [0.25, 0.3) is 0 Å². The summed E-state index contributed by atoms with van der Waals surface area (Å²) in [5.74, 6) is 0.459. The molecule has 0 bridgehead atoms. The summed E-state index contributed by atoms with van der Waals surface area (Å²) in [7, 11) is -1.33. The molecule has 0 saturated carbocycles. The van der Waals surface area contributed by atoms with Crippen molar-refractivity contribution in [3.05, 3.63) is 18.2 Å². The molecule has 0 radical (unpaired) electrons. The van der Waals surface area contributed by atoms with Crippen LogP contribution < -0.4 is 0 Å². The Morgan fingerprint density at radius 3 is 2.71 bits per heavy atom.